The van der Waals surface area contributed by atoms with E-state index in [1.807, 2.05) is 0 Å². The number of anilines is 2. The number of carbonyl (C=O) groups excluding carboxylic acids is 3. The third-order valence-electron chi connectivity index (χ3n) is 4.96. The summed E-state index contributed by atoms with van der Waals surface area (Å²) in [6.45, 7) is 0.971. The van der Waals surface area contributed by atoms with Gasteiger partial charge in [-0.15, -0.1) is 0 Å². The molecule has 156 valence electrons. The van der Waals surface area contributed by atoms with Crippen molar-refractivity contribution < 1.29 is 28.6 Å². The van der Waals surface area contributed by atoms with Crippen LogP contribution in [-0.2, 0) is 14.3 Å². The summed E-state index contributed by atoms with van der Waals surface area (Å²) in [5.41, 5.74) is 1.38. The lowest BCUT2D eigenvalue weighted by Gasteiger charge is -2.21. The van der Waals surface area contributed by atoms with Crippen LogP contribution in [0.5, 0.6) is 11.5 Å². The van der Waals surface area contributed by atoms with Crippen LogP contribution in [0.3, 0.4) is 0 Å². The van der Waals surface area contributed by atoms with E-state index in [1.54, 1.807) is 30.3 Å². The summed E-state index contributed by atoms with van der Waals surface area (Å²) in [6, 6.07) is 11.4. The highest BCUT2D eigenvalue weighted by molar-refractivity contribution is 5.96. The van der Waals surface area contributed by atoms with E-state index in [-0.39, 0.29) is 11.5 Å². The Morgan fingerprint density at radius 1 is 0.933 bits per heavy atom. The molecule has 0 atom stereocenters. The van der Waals surface area contributed by atoms with Crippen LogP contribution in [0.4, 0.5) is 11.4 Å². The van der Waals surface area contributed by atoms with Crippen molar-refractivity contribution in [1.82, 2.24) is 0 Å². The van der Waals surface area contributed by atoms with E-state index < -0.39 is 24.3 Å². The Kier molecular flexibility index (Phi) is 5.31. The number of hydrogen-bond donors (Lipinski definition) is 2. The molecule has 2 amide bonds. The summed E-state index contributed by atoms with van der Waals surface area (Å²) >= 11 is 0. The Morgan fingerprint density at radius 2 is 1.60 bits per heavy atom. The van der Waals surface area contributed by atoms with E-state index >= 15 is 0 Å². The molecule has 30 heavy (non-hydrogen) atoms. The van der Waals surface area contributed by atoms with E-state index in [4.69, 9.17) is 14.2 Å². The third-order valence-corrected chi connectivity index (χ3v) is 4.96. The molecule has 1 fully saturated rings. The summed E-state index contributed by atoms with van der Waals surface area (Å²) in [4.78, 5) is 35.3. The van der Waals surface area contributed by atoms with Gasteiger partial charge >= 0.3 is 5.97 Å². The Labute approximate surface area is 173 Å². The van der Waals surface area contributed by atoms with Gasteiger partial charge in [-0.1, -0.05) is 0 Å². The van der Waals surface area contributed by atoms with Gasteiger partial charge in [0.25, 0.3) is 11.7 Å². The van der Waals surface area contributed by atoms with Crippen LogP contribution in [-0.4, -0.2) is 30.2 Å². The molecular formula is C22H22N2O6. The minimum absolute atomic E-state index is 0.205. The normalized spacial score (nSPS) is 15.6. The molecule has 4 rings (SSSR count). The Morgan fingerprint density at radius 3 is 2.30 bits per heavy atom. The van der Waals surface area contributed by atoms with Crippen LogP contribution in [0.25, 0.3) is 0 Å². The molecule has 1 spiro atoms. The van der Waals surface area contributed by atoms with Gasteiger partial charge in [-0.3, -0.25) is 9.59 Å². The van der Waals surface area contributed by atoms with Gasteiger partial charge in [0.2, 0.25) is 5.91 Å². The fourth-order valence-electron chi connectivity index (χ4n) is 3.59. The summed E-state index contributed by atoms with van der Waals surface area (Å²) < 4.78 is 17.0. The summed E-state index contributed by atoms with van der Waals surface area (Å²) in [7, 11) is 0. The van der Waals surface area contributed by atoms with Gasteiger partial charge in [-0.05, 0) is 49.2 Å². The number of benzene rings is 2. The third kappa shape index (κ3) is 4.37. The van der Waals surface area contributed by atoms with Crippen molar-refractivity contribution >= 4 is 29.2 Å². The molecule has 2 aromatic rings. The maximum atomic E-state index is 12.2. The Balaban J connectivity index is 1.29. The topological polar surface area (TPSA) is 103 Å². The zero-order valence-corrected chi connectivity index (χ0v) is 16.5. The zero-order valence-electron chi connectivity index (χ0n) is 16.5. The molecule has 0 bridgehead atoms. The van der Waals surface area contributed by atoms with E-state index in [2.05, 4.69) is 10.6 Å². The predicted molar refractivity (Wildman–Crippen MR) is 109 cm³/mol. The Hall–Kier alpha value is -3.55. The minimum atomic E-state index is -0.631. The maximum Gasteiger partial charge on any atom is 0.338 e. The lowest BCUT2D eigenvalue weighted by atomic mass is 10.2. The second-order valence-electron chi connectivity index (χ2n) is 7.37. The van der Waals surface area contributed by atoms with Crippen LogP contribution in [0.1, 0.15) is 43.0 Å². The molecule has 0 unspecified atom stereocenters. The van der Waals surface area contributed by atoms with E-state index in [1.165, 1.54) is 19.1 Å². The van der Waals surface area contributed by atoms with E-state index in [9.17, 15) is 14.4 Å². The first-order valence-electron chi connectivity index (χ1n) is 9.79. The fraction of sp³-hybridized carbons (Fsp3) is 0.318. The van der Waals surface area contributed by atoms with Gasteiger partial charge in [-0.2, -0.15) is 0 Å². The molecule has 8 nitrogen and oxygen atoms in total. The first-order valence-corrected chi connectivity index (χ1v) is 9.79. The number of carbonyl (C=O) groups is 3. The van der Waals surface area contributed by atoms with Gasteiger partial charge in [0, 0.05) is 37.2 Å². The number of ether oxygens (including phenoxy) is 3. The van der Waals surface area contributed by atoms with Crippen molar-refractivity contribution in [3.05, 3.63) is 48.0 Å². The number of nitrogens with one attached hydrogen (secondary N) is 2. The van der Waals surface area contributed by atoms with Crippen LogP contribution in [0.2, 0.25) is 0 Å². The average Bonchev–Trinajstić information content (AvgIpc) is 3.31. The van der Waals surface area contributed by atoms with Crippen molar-refractivity contribution in [3.63, 3.8) is 0 Å². The number of fused-ring (bicyclic) bond motifs is 1. The van der Waals surface area contributed by atoms with Crippen LogP contribution in [0.15, 0.2) is 42.5 Å². The molecule has 1 heterocycles. The average molecular weight is 410 g/mol. The predicted octanol–water partition coefficient (Wildman–Crippen LogP) is 3.48. The molecule has 0 radical (unpaired) electrons. The van der Waals surface area contributed by atoms with Crippen molar-refractivity contribution in [2.24, 2.45) is 0 Å². The van der Waals surface area contributed by atoms with Gasteiger partial charge in [-0.25, -0.2) is 4.79 Å². The largest absolute Gasteiger partial charge is 0.452 e. The highest BCUT2D eigenvalue weighted by Gasteiger charge is 2.44. The molecule has 2 N–H and O–H groups in total. The van der Waals surface area contributed by atoms with Gasteiger partial charge in [0.15, 0.2) is 18.1 Å². The Bertz CT molecular complexity index is 980. The molecule has 2 aromatic carbocycles. The summed E-state index contributed by atoms with van der Waals surface area (Å²) in [6.07, 6.45) is 3.84. The van der Waals surface area contributed by atoms with Crippen molar-refractivity contribution in [3.8, 4) is 11.5 Å². The molecule has 1 aliphatic heterocycles. The van der Waals surface area contributed by atoms with E-state index in [0.717, 1.165) is 25.7 Å². The number of amides is 2. The molecule has 1 saturated carbocycles. The first-order chi connectivity index (χ1) is 14.4. The smallest absolute Gasteiger partial charge is 0.338 e. The number of esters is 1. The fourth-order valence-corrected chi connectivity index (χ4v) is 3.59. The highest BCUT2D eigenvalue weighted by Crippen LogP contribution is 2.47. The van der Waals surface area contributed by atoms with Crippen molar-refractivity contribution in [2.75, 3.05) is 17.2 Å². The standard InChI is InChI=1S/C22H22N2O6/c1-14(25)23-16-6-4-15(5-7-16)21(27)28-13-20(26)24-17-8-9-18-19(12-17)30-22(29-18)10-2-3-11-22/h4-9,12H,2-3,10-11,13H2,1H3,(H,23,25)(H,24,26). The SMILES string of the molecule is CC(=O)Nc1ccc(C(=O)OCC(=O)Nc2ccc3c(c2)OC2(CCCC2)O3)cc1. The second-order valence-corrected chi connectivity index (χ2v) is 7.37. The molecule has 2 aliphatic rings. The number of rotatable bonds is 5. The highest BCUT2D eigenvalue weighted by atomic mass is 16.7. The quantitative estimate of drug-likeness (QED) is 0.732. The minimum Gasteiger partial charge on any atom is -0.452 e. The molecule has 1 aliphatic carbocycles. The van der Waals surface area contributed by atoms with Crippen LogP contribution < -0.4 is 20.1 Å². The van der Waals surface area contributed by atoms with Gasteiger partial charge in [0.05, 0.1) is 5.56 Å². The van der Waals surface area contributed by atoms with Crippen LogP contribution >= 0.6 is 0 Å². The first kappa shape index (κ1) is 19.8. The van der Waals surface area contributed by atoms with Crippen molar-refractivity contribution in [1.29, 1.82) is 0 Å². The molecule has 8 heteroatoms. The maximum absolute atomic E-state index is 12.2. The van der Waals surface area contributed by atoms with Gasteiger partial charge in [0.1, 0.15) is 0 Å². The summed E-state index contributed by atoms with van der Waals surface area (Å²) in [5, 5.41) is 5.30. The summed E-state index contributed by atoms with van der Waals surface area (Å²) in [5.74, 6) is -0.587. The van der Waals surface area contributed by atoms with Crippen LogP contribution in [0, 0.1) is 0 Å². The van der Waals surface area contributed by atoms with E-state index in [0.29, 0.717) is 22.9 Å². The lowest BCUT2D eigenvalue weighted by Crippen LogP contribution is -2.34. The molecular weight excluding hydrogens is 388 g/mol. The zero-order chi connectivity index (χ0) is 21.1. The molecule has 0 saturated heterocycles. The lowest BCUT2D eigenvalue weighted by molar-refractivity contribution is -0.119. The van der Waals surface area contributed by atoms with Gasteiger partial charge < -0.3 is 24.8 Å². The van der Waals surface area contributed by atoms with Crippen molar-refractivity contribution in [2.45, 2.75) is 38.4 Å². The monoisotopic (exact) mass is 410 g/mol. The molecule has 0 aromatic heterocycles. The number of hydrogen-bond acceptors (Lipinski definition) is 6. The second kappa shape index (κ2) is 8.06.